The Morgan fingerprint density at radius 3 is 2.34 bits per heavy atom. The number of rotatable bonds is 7. The van der Waals surface area contributed by atoms with E-state index in [0.717, 1.165) is 34.6 Å². The molecule has 0 aromatic heterocycles. The van der Waals surface area contributed by atoms with Gasteiger partial charge in [-0.1, -0.05) is 35.9 Å². The molecule has 154 valence electrons. The summed E-state index contributed by atoms with van der Waals surface area (Å²) in [5, 5.41) is 5.95. The summed E-state index contributed by atoms with van der Waals surface area (Å²) in [5.74, 6) is -0.141. The van der Waals surface area contributed by atoms with E-state index in [-0.39, 0.29) is 30.9 Å². The fourth-order valence-electron chi connectivity index (χ4n) is 3.85. The van der Waals surface area contributed by atoms with E-state index in [1.54, 1.807) is 0 Å². The van der Waals surface area contributed by atoms with Crippen LogP contribution in [0.4, 0.5) is 5.69 Å². The number of aryl methyl sites for hydroxylation is 3. The summed E-state index contributed by atoms with van der Waals surface area (Å²) < 4.78 is 0. The Labute approximate surface area is 173 Å². The molecule has 29 heavy (non-hydrogen) atoms. The normalized spacial score (nSPS) is 15.1. The molecule has 0 spiro atoms. The lowest BCUT2D eigenvalue weighted by Crippen LogP contribution is -3.11. The van der Waals surface area contributed by atoms with Crippen molar-refractivity contribution in [1.29, 1.82) is 0 Å². The van der Waals surface area contributed by atoms with Crippen LogP contribution in [0.15, 0.2) is 42.5 Å². The first-order valence-electron chi connectivity index (χ1n) is 10.5. The lowest BCUT2D eigenvalue weighted by Gasteiger charge is -2.20. The monoisotopic (exact) mass is 394 g/mol. The quantitative estimate of drug-likeness (QED) is 0.674. The highest BCUT2D eigenvalue weighted by molar-refractivity contribution is 5.91. The van der Waals surface area contributed by atoms with Gasteiger partial charge in [0.25, 0.3) is 11.8 Å². The van der Waals surface area contributed by atoms with E-state index >= 15 is 0 Å². The zero-order valence-electron chi connectivity index (χ0n) is 17.7. The van der Waals surface area contributed by atoms with Crippen molar-refractivity contribution in [1.82, 2.24) is 5.32 Å². The Balaban J connectivity index is 1.46. The summed E-state index contributed by atoms with van der Waals surface area (Å²) in [4.78, 5) is 25.5. The van der Waals surface area contributed by atoms with Gasteiger partial charge in [0, 0.05) is 5.69 Å². The van der Waals surface area contributed by atoms with Crippen LogP contribution in [-0.2, 0) is 22.4 Å². The number of carbonyl (C=O) groups excluding carboxylic acids is 2. The fourth-order valence-corrected chi connectivity index (χ4v) is 3.85. The Morgan fingerprint density at radius 1 is 0.966 bits per heavy atom. The summed E-state index contributed by atoms with van der Waals surface area (Å²) >= 11 is 0. The van der Waals surface area contributed by atoms with E-state index in [9.17, 15) is 9.59 Å². The Kier molecular flexibility index (Phi) is 7.04. The molecule has 0 saturated heterocycles. The maximum Gasteiger partial charge on any atom is 0.279 e. The van der Waals surface area contributed by atoms with Gasteiger partial charge in [0.15, 0.2) is 13.1 Å². The summed E-state index contributed by atoms with van der Waals surface area (Å²) in [6.45, 7) is 4.53. The molecule has 0 heterocycles. The second-order valence-electron chi connectivity index (χ2n) is 8.25. The standard InChI is InChI=1S/C24H31N3O2/c1-17-8-12-22(13-9-17)26-24(29)16-27(3)15-23(28)25-18(2)20-11-10-19-6-4-5-7-21(19)14-20/h8-14,18H,4-7,15-16H2,1-3H3,(H,25,28)(H,26,29)/p+1/t18-/m1/s1. The number of likely N-dealkylation sites (N-methyl/N-ethyl adjacent to an activating group) is 1. The summed E-state index contributed by atoms with van der Waals surface area (Å²) in [6, 6.07) is 14.2. The molecule has 0 radical (unpaired) electrons. The highest BCUT2D eigenvalue weighted by Gasteiger charge is 2.18. The molecule has 2 amide bonds. The minimum absolute atomic E-state index is 0.0380. The van der Waals surface area contributed by atoms with Crippen LogP contribution in [0.1, 0.15) is 48.1 Å². The van der Waals surface area contributed by atoms with Crippen molar-refractivity contribution in [2.24, 2.45) is 0 Å². The Hall–Kier alpha value is -2.66. The smallest absolute Gasteiger partial charge is 0.279 e. The number of nitrogens with one attached hydrogen (secondary N) is 3. The SMILES string of the molecule is Cc1ccc(NC(=O)C[NH+](C)CC(=O)N[C@H](C)c2ccc3c(c2)CCCC3)cc1. The molecule has 0 fully saturated rings. The van der Waals surface area contributed by atoms with E-state index in [2.05, 4.69) is 28.8 Å². The number of hydrogen-bond donors (Lipinski definition) is 3. The largest absolute Gasteiger partial charge is 0.345 e. The molecule has 0 bridgehead atoms. The van der Waals surface area contributed by atoms with Gasteiger partial charge in [-0.15, -0.1) is 0 Å². The van der Waals surface area contributed by atoms with Crippen molar-refractivity contribution in [2.75, 3.05) is 25.5 Å². The van der Waals surface area contributed by atoms with E-state index < -0.39 is 0 Å². The van der Waals surface area contributed by atoms with Gasteiger partial charge < -0.3 is 15.5 Å². The van der Waals surface area contributed by atoms with Gasteiger partial charge in [-0.3, -0.25) is 9.59 Å². The lowest BCUT2D eigenvalue weighted by molar-refractivity contribution is -0.862. The lowest BCUT2D eigenvalue weighted by atomic mass is 9.89. The van der Waals surface area contributed by atoms with Crippen LogP contribution in [-0.4, -0.2) is 32.0 Å². The second kappa shape index (κ2) is 9.70. The van der Waals surface area contributed by atoms with Crippen LogP contribution < -0.4 is 15.5 Å². The molecule has 0 saturated carbocycles. The molecule has 3 N–H and O–H groups in total. The number of fused-ring (bicyclic) bond motifs is 1. The van der Waals surface area contributed by atoms with Gasteiger partial charge in [-0.05, 0) is 68.4 Å². The van der Waals surface area contributed by atoms with E-state index in [4.69, 9.17) is 0 Å². The topological polar surface area (TPSA) is 62.6 Å². The molecule has 1 unspecified atom stereocenters. The average Bonchev–Trinajstić information content (AvgIpc) is 2.69. The highest BCUT2D eigenvalue weighted by atomic mass is 16.2. The van der Waals surface area contributed by atoms with Crippen molar-refractivity contribution in [2.45, 2.75) is 45.6 Å². The molecule has 2 atom stereocenters. The fraction of sp³-hybridized carbons (Fsp3) is 0.417. The minimum Gasteiger partial charge on any atom is -0.345 e. The number of benzene rings is 2. The number of quaternary nitrogens is 1. The summed E-state index contributed by atoms with van der Waals surface area (Å²) in [5.41, 5.74) is 5.94. The predicted octanol–water partition coefficient (Wildman–Crippen LogP) is 2.20. The van der Waals surface area contributed by atoms with E-state index in [0.29, 0.717) is 0 Å². The van der Waals surface area contributed by atoms with E-state index in [1.165, 1.54) is 24.0 Å². The molecular weight excluding hydrogens is 362 g/mol. The molecular formula is C24H32N3O2+. The predicted molar refractivity (Wildman–Crippen MR) is 116 cm³/mol. The number of hydrogen-bond acceptors (Lipinski definition) is 2. The zero-order chi connectivity index (χ0) is 20.8. The van der Waals surface area contributed by atoms with Gasteiger partial charge in [0.1, 0.15) is 0 Å². The average molecular weight is 395 g/mol. The molecule has 1 aliphatic carbocycles. The third-order valence-electron chi connectivity index (χ3n) is 5.51. The first kappa shape index (κ1) is 21.1. The van der Waals surface area contributed by atoms with Gasteiger partial charge in [-0.25, -0.2) is 0 Å². The van der Waals surface area contributed by atoms with E-state index in [1.807, 2.05) is 45.2 Å². The Morgan fingerprint density at radius 2 is 1.62 bits per heavy atom. The zero-order valence-corrected chi connectivity index (χ0v) is 17.7. The van der Waals surface area contributed by atoms with Gasteiger partial charge in [-0.2, -0.15) is 0 Å². The van der Waals surface area contributed by atoms with Crippen molar-refractivity contribution >= 4 is 17.5 Å². The van der Waals surface area contributed by atoms with Gasteiger partial charge in [0.05, 0.1) is 13.1 Å². The molecule has 0 aliphatic heterocycles. The Bertz CT molecular complexity index is 861. The van der Waals surface area contributed by atoms with Crippen LogP contribution in [0.25, 0.3) is 0 Å². The first-order chi connectivity index (χ1) is 13.9. The maximum atomic E-state index is 12.4. The maximum absolute atomic E-state index is 12.4. The molecule has 1 aliphatic rings. The number of amides is 2. The molecule has 5 nitrogen and oxygen atoms in total. The van der Waals surface area contributed by atoms with Gasteiger partial charge >= 0.3 is 0 Å². The van der Waals surface area contributed by atoms with Crippen molar-refractivity contribution in [3.8, 4) is 0 Å². The third kappa shape index (κ3) is 6.16. The molecule has 5 heteroatoms. The van der Waals surface area contributed by atoms with Crippen molar-refractivity contribution in [3.63, 3.8) is 0 Å². The van der Waals surface area contributed by atoms with Crippen molar-refractivity contribution in [3.05, 3.63) is 64.7 Å². The van der Waals surface area contributed by atoms with Crippen LogP contribution >= 0.6 is 0 Å². The summed E-state index contributed by atoms with van der Waals surface area (Å²) in [6.07, 6.45) is 4.81. The second-order valence-corrected chi connectivity index (χ2v) is 8.25. The van der Waals surface area contributed by atoms with Gasteiger partial charge in [0.2, 0.25) is 0 Å². The number of anilines is 1. The van der Waals surface area contributed by atoms with Crippen LogP contribution in [0, 0.1) is 6.92 Å². The van der Waals surface area contributed by atoms with Crippen LogP contribution in [0.3, 0.4) is 0 Å². The van der Waals surface area contributed by atoms with Crippen LogP contribution in [0.5, 0.6) is 0 Å². The minimum atomic E-state index is -0.0955. The molecule has 3 rings (SSSR count). The molecule has 2 aromatic carbocycles. The number of carbonyl (C=O) groups is 2. The first-order valence-corrected chi connectivity index (χ1v) is 10.5. The van der Waals surface area contributed by atoms with Crippen LogP contribution in [0.2, 0.25) is 0 Å². The molecule has 2 aromatic rings. The summed E-state index contributed by atoms with van der Waals surface area (Å²) in [7, 11) is 1.86. The third-order valence-corrected chi connectivity index (χ3v) is 5.51. The highest BCUT2D eigenvalue weighted by Crippen LogP contribution is 2.24. The van der Waals surface area contributed by atoms with Crippen molar-refractivity contribution < 1.29 is 14.5 Å².